The Morgan fingerprint density at radius 3 is 2.39 bits per heavy atom. The Morgan fingerprint density at radius 1 is 1.28 bits per heavy atom. The van der Waals surface area contributed by atoms with E-state index in [0.29, 0.717) is 11.7 Å². The zero-order valence-electron chi connectivity index (χ0n) is 12.2. The Morgan fingerprint density at radius 2 is 1.89 bits per heavy atom. The van der Waals surface area contributed by atoms with E-state index in [1.807, 2.05) is 0 Å². The van der Waals surface area contributed by atoms with Crippen LogP contribution in [0.2, 0.25) is 0 Å². The number of rotatable bonds is 7. The van der Waals surface area contributed by atoms with Gasteiger partial charge >= 0.3 is 0 Å². The quantitative estimate of drug-likeness (QED) is 0.807. The molecule has 0 bridgehead atoms. The Balaban J connectivity index is 2.73. The van der Waals surface area contributed by atoms with Crippen LogP contribution in [-0.4, -0.2) is 34.7 Å². The van der Waals surface area contributed by atoms with E-state index in [-0.39, 0.29) is 11.5 Å². The number of aromatic nitrogens is 2. The lowest BCUT2D eigenvalue weighted by Gasteiger charge is -2.20. The lowest BCUT2D eigenvalue weighted by molar-refractivity contribution is 0.274. The summed E-state index contributed by atoms with van der Waals surface area (Å²) in [5.41, 5.74) is 6.04. The van der Waals surface area contributed by atoms with E-state index in [1.54, 1.807) is 0 Å². The standard InChI is InChI=1S/C13H26N4O/c1-6-13(4,5)12-15-11(16-18-12)10(14)9-17(7-2)8-3/h10H,6-9,14H2,1-5H3. The molecule has 2 N–H and O–H groups in total. The van der Waals surface area contributed by atoms with Crippen molar-refractivity contribution >= 4 is 0 Å². The summed E-state index contributed by atoms with van der Waals surface area (Å²) in [6, 6.07) is -0.185. The summed E-state index contributed by atoms with van der Waals surface area (Å²) in [6.07, 6.45) is 0.958. The van der Waals surface area contributed by atoms with Gasteiger partial charge in [0.05, 0.1) is 6.04 Å². The molecular weight excluding hydrogens is 228 g/mol. The van der Waals surface area contributed by atoms with Gasteiger partial charge in [-0.05, 0) is 19.5 Å². The average Bonchev–Trinajstić information content (AvgIpc) is 2.86. The Bertz CT molecular complexity index is 358. The molecule has 0 radical (unpaired) electrons. The lowest BCUT2D eigenvalue weighted by atomic mass is 9.90. The highest BCUT2D eigenvalue weighted by atomic mass is 16.5. The highest BCUT2D eigenvalue weighted by molar-refractivity contribution is 5.02. The molecule has 1 aromatic rings. The monoisotopic (exact) mass is 254 g/mol. The van der Waals surface area contributed by atoms with Crippen molar-refractivity contribution in [2.75, 3.05) is 19.6 Å². The van der Waals surface area contributed by atoms with Crippen molar-refractivity contribution in [3.63, 3.8) is 0 Å². The molecule has 0 aliphatic carbocycles. The summed E-state index contributed by atoms with van der Waals surface area (Å²) >= 11 is 0. The lowest BCUT2D eigenvalue weighted by Crippen LogP contribution is -2.32. The molecule has 18 heavy (non-hydrogen) atoms. The third-order valence-electron chi connectivity index (χ3n) is 3.59. The summed E-state index contributed by atoms with van der Waals surface area (Å²) in [5, 5.41) is 4.01. The second-order valence-corrected chi connectivity index (χ2v) is 5.29. The minimum atomic E-state index is -0.185. The SMILES string of the molecule is CCN(CC)CC(N)c1noc(C(C)(C)CC)n1. The number of hydrogen-bond acceptors (Lipinski definition) is 5. The molecule has 0 aromatic carbocycles. The van der Waals surface area contributed by atoms with Gasteiger partial charge in [-0.2, -0.15) is 4.98 Å². The van der Waals surface area contributed by atoms with Gasteiger partial charge in [0, 0.05) is 12.0 Å². The molecule has 0 saturated heterocycles. The largest absolute Gasteiger partial charge is 0.339 e. The molecule has 1 heterocycles. The fourth-order valence-electron chi connectivity index (χ4n) is 1.65. The summed E-state index contributed by atoms with van der Waals surface area (Å²) < 4.78 is 5.33. The smallest absolute Gasteiger partial charge is 0.232 e. The first-order valence-corrected chi connectivity index (χ1v) is 6.76. The summed E-state index contributed by atoms with van der Waals surface area (Å²) in [4.78, 5) is 6.70. The van der Waals surface area contributed by atoms with E-state index < -0.39 is 0 Å². The molecule has 5 heteroatoms. The van der Waals surface area contributed by atoms with Gasteiger partial charge in [-0.15, -0.1) is 0 Å². The molecule has 0 fully saturated rings. The summed E-state index contributed by atoms with van der Waals surface area (Å²) in [6.45, 7) is 13.3. The molecule has 0 aliphatic rings. The maximum atomic E-state index is 6.12. The third-order valence-corrected chi connectivity index (χ3v) is 3.59. The van der Waals surface area contributed by atoms with Gasteiger partial charge in [0.2, 0.25) is 5.89 Å². The van der Waals surface area contributed by atoms with Gasteiger partial charge in [-0.25, -0.2) is 0 Å². The average molecular weight is 254 g/mol. The van der Waals surface area contributed by atoms with Gasteiger partial charge < -0.3 is 15.2 Å². The number of likely N-dealkylation sites (N-methyl/N-ethyl adjacent to an activating group) is 1. The van der Waals surface area contributed by atoms with Crippen molar-refractivity contribution in [3.05, 3.63) is 11.7 Å². The molecule has 0 aliphatic heterocycles. The van der Waals surface area contributed by atoms with Crippen molar-refractivity contribution in [3.8, 4) is 0 Å². The van der Waals surface area contributed by atoms with E-state index >= 15 is 0 Å². The molecular formula is C13H26N4O. The molecule has 1 unspecified atom stereocenters. The molecule has 0 spiro atoms. The minimum Gasteiger partial charge on any atom is -0.339 e. The van der Waals surface area contributed by atoms with Crippen molar-refractivity contribution < 1.29 is 4.52 Å². The molecule has 1 aromatic heterocycles. The fraction of sp³-hybridized carbons (Fsp3) is 0.846. The van der Waals surface area contributed by atoms with Gasteiger partial charge in [0.25, 0.3) is 0 Å². The van der Waals surface area contributed by atoms with Crippen LogP contribution < -0.4 is 5.73 Å². The van der Waals surface area contributed by atoms with E-state index in [4.69, 9.17) is 10.3 Å². The van der Waals surface area contributed by atoms with Gasteiger partial charge in [-0.1, -0.05) is 39.8 Å². The van der Waals surface area contributed by atoms with E-state index in [0.717, 1.165) is 26.1 Å². The summed E-state index contributed by atoms with van der Waals surface area (Å²) in [5.74, 6) is 1.29. The predicted octanol–water partition coefficient (Wildman–Crippen LogP) is 2.10. The first-order valence-electron chi connectivity index (χ1n) is 6.76. The van der Waals surface area contributed by atoms with Crippen LogP contribution in [0.1, 0.15) is 58.8 Å². The molecule has 0 amide bonds. The van der Waals surface area contributed by atoms with Crippen molar-refractivity contribution in [1.29, 1.82) is 0 Å². The van der Waals surface area contributed by atoms with Gasteiger partial charge in [0.15, 0.2) is 5.82 Å². The normalized spacial score (nSPS) is 14.2. The molecule has 5 nitrogen and oxygen atoms in total. The van der Waals surface area contributed by atoms with E-state index in [9.17, 15) is 0 Å². The van der Waals surface area contributed by atoms with Gasteiger partial charge in [-0.3, -0.25) is 0 Å². The minimum absolute atomic E-state index is 0.0832. The van der Waals surface area contributed by atoms with Crippen LogP contribution in [0.25, 0.3) is 0 Å². The topological polar surface area (TPSA) is 68.2 Å². The number of hydrogen-bond donors (Lipinski definition) is 1. The Labute approximate surface area is 110 Å². The first-order chi connectivity index (χ1) is 8.44. The maximum Gasteiger partial charge on any atom is 0.232 e. The van der Waals surface area contributed by atoms with E-state index in [2.05, 4.69) is 49.7 Å². The Kier molecular flexibility index (Phi) is 5.28. The summed E-state index contributed by atoms with van der Waals surface area (Å²) in [7, 11) is 0. The predicted molar refractivity (Wildman–Crippen MR) is 72.3 cm³/mol. The number of nitrogens with zero attached hydrogens (tertiary/aromatic N) is 3. The zero-order valence-corrected chi connectivity index (χ0v) is 12.2. The van der Waals surface area contributed by atoms with Crippen LogP contribution in [0.5, 0.6) is 0 Å². The second kappa shape index (κ2) is 6.29. The maximum absolute atomic E-state index is 6.12. The van der Waals surface area contributed by atoms with Crippen LogP contribution in [0.3, 0.4) is 0 Å². The van der Waals surface area contributed by atoms with Gasteiger partial charge in [0.1, 0.15) is 0 Å². The third kappa shape index (κ3) is 3.53. The fourth-order valence-corrected chi connectivity index (χ4v) is 1.65. The van der Waals surface area contributed by atoms with Crippen LogP contribution in [0, 0.1) is 0 Å². The van der Waals surface area contributed by atoms with E-state index in [1.165, 1.54) is 0 Å². The molecule has 0 saturated carbocycles. The highest BCUT2D eigenvalue weighted by Crippen LogP contribution is 2.25. The molecule has 1 atom stereocenters. The molecule has 104 valence electrons. The van der Waals surface area contributed by atoms with Crippen molar-refractivity contribution in [2.45, 2.75) is 52.5 Å². The van der Waals surface area contributed by atoms with Crippen LogP contribution >= 0.6 is 0 Å². The molecule has 1 rings (SSSR count). The highest BCUT2D eigenvalue weighted by Gasteiger charge is 2.27. The van der Waals surface area contributed by atoms with Crippen LogP contribution in [0.15, 0.2) is 4.52 Å². The zero-order chi connectivity index (χ0) is 13.8. The Hall–Kier alpha value is -0.940. The second-order valence-electron chi connectivity index (χ2n) is 5.29. The van der Waals surface area contributed by atoms with Crippen molar-refractivity contribution in [1.82, 2.24) is 15.0 Å². The number of nitrogens with two attached hydrogens (primary N) is 1. The first kappa shape index (κ1) is 15.1. The van der Waals surface area contributed by atoms with Crippen molar-refractivity contribution in [2.24, 2.45) is 5.73 Å². The van der Waals surface area contributed by atoms with Crippen LogP contribution in [0.4, 0.5) is 0 Å². The van der Waals surface area contributed by atoms with Crippen LogP contribution in [-0.2, 0) is 5.41 Å².